The van der Waals surface area contributed by atoms with Gasteiger partial charge in [0.05, 0.1) is 13.2 Å². The van der Waals surface area contributed by atoms with Crippen LogP contribution in [-0.2, 0) is 4.74 Å². The number of nitrogens with zero attached hydrogens (tertiary/aromatic N) is 4. The highest BCUT2D eigenvalue weighted by atomic mass is 16.5. The smallest absolute Gasteiger partial charge is 0.261 e. The van der Waals surface area contributed by atoms with E-state index in [0.717, 1.165) is 53.3 Å². The Morgan fingerprint density at radius 3 is 1.92 bits per heavy atom. The second kappa shape index (κ2) is 13.5. The molecule has 4 aromatic rings. The maximum absolute atomic E-state index is 13.7. The number of carbonyl (C=O) groups excluding carboxylic acids is 4. The summed E-state index contributed by atoms with van der Waals surface area (Å²) in [5.74, 6) is -1.00. The molecule has 10 nitrogen and oxygen atoms in total. The molecule has 4 aromatic carbocycles. The lowest BCUT2D eigenvalue weighted by molar-refractivity contribution is 0.0579. The quantitative estimate of drug-likeness (QED) is 0.178. The second-order valence-corrected chi connectivity index (χ2v) is 12.9. The van der Waals surface area contributed by atoms with Gasteiger partial charge in [-0.3, -0.25) is 33.9 Å². The lowest BCUT2D eigenvalue weighted by Crippen LogP contribution is -2.46. The molecule has 1 N–H and O–H groups in total. The van der Waals surface area contributed by atoms with E-state index in [0.29, 0.717) is 61.6 Å². The average Bonchev–Trinajstić information content (AvgIpc) is 3.11. The third-order valence-corrected chi connectivity index (χ3v) is 9.83. The van der Waals surface area contributed by atoms with Gasteiger partial charge in [-0.2, -0.15) is 0 Å². The first kappa shape index (κ1) is 31.9. The average molecular weight is 648 g/mol. The molecule has 1 fully saturated rings. The molecule has 0 bridgehead atoms. The molecule has 248 valence electrons. The van der Waals surface area contributed by atoms with Crippen LogP contribution in [0.2, 0.25) is 0 Å². The molecule has 0 unspecified atom stereocenters. The number of morpholine rings is 1. The summed E-state index contributed by atoms with van der Waals surface area (Å²) in [6.07, 6.45) is 0.830. The van der Waals surface area contributed by atoms with Gasteiger partial charge in [-0.1, -0.05) is 36.4 Å². The first-order chi connectivity index (χ1) is 23.3. The zero-order valence-electron chi connectivity index (χ0n) is 27.5. The Balaban J connectivity index is 0.929. The predicted molar refractivity (Wildman–Crippen MR) is 186 cm³/mol. The normalized spacial score (nSPS) is 16.4. The van der Waals surface area contributed by atoms with E-state index in [9.17, 15) is 19.2 Å². The highest BCUT2D eigenvalue weighted by Gasteiger charge is 2.35. The fourth-order valence-corrected chi connectivity index (χ4v) is 7.28. The van der Waals surface area contributed by atoms with Gasteiger partial charge in [0, 0.05) is 89.4 Å². The van der Waals surface area contributed by atoms with Crippen LogP contribution in [0.4, 0.5) is 5.69 Å². The van der Waals surface area contributed by atoms with Crippen LogP contribution in [0.3, 0.4) is 0 Å². The van der Waals surface area contributed by atoms with Crippen LogP contribution in [0, 0.1) is 0 Å². The van der Waals surface area contributed by atoms with Crippen molar-refractivity contribution in [2.24, 2.45) is 0 Å². The maximum atomic E-state index is 13.7. The first-order valence-electron chi connectivity index (χ1n) is 16.9. The minimum Gasteiger partial charge on any atom is -0.378 e. The number of hydrogen-bond donors (Lipinski definition) is 1. The minimum absolute atomic E-state index is 0.221. The molecule has 3 heterocycles. The zero-order valence-corrected chi connectivity index (χ0v) is 27.5. The molecule has 7 rings (SSSR count). The minimum atomic E-state index is -0.254. The Kier molecular flexibility index (Phi) is 8.96. The van der Waals surface area contributed by atoms with Crippen molar-refractivity contribution in [2.45, 2.75) is 26.3 Å². The van der Waals surface area contributed by atoms with E-state index in [1.807, 2.05) is 54.6 Å². The number of benzene rings is 4. The zero-order chi connectivity index (χ0) is 33.4. The topological polar surface area (TPSA) is 102 Å². The number of amides is 4. The Morgan fingerprint density at radius 1 is 0.688 bits per heavy atom. The number of nitrogens with one attached hydrogen (secondary N) is 1. The van der Waals surface area contributed by atoms with Crippen LogP contribution in [0.1, 0.15) is 61.7 Å². The molecule has 0 spiro atoms. The van der Waals surface area contributed by atoms with Gasteiger partial charge in [0.1, 0.15) is 0 Å². The van der Waals surface area contributed by atoms with E-state index in [4.69, 9.17) is 4.74 Å². The highest BCUT2D eigenvalue weighted by molar-refractivity contribution is 6.27. The van der Waals surface area contributed by atoms with Crippen LogP contribution >= 0.6 is 0 Å². The number of imide groups is 2. The summed E-state index contributed by atoms with van der Waals surface area (Å²) in [4.78, 5) is 61.0. The summed E-state index contributed by atoms with van der Waals surface area (Å²) in [6, 6.07) is 20.9. The molecule has 1 saturated heterocycles. The van der Waals surface area contributed by atoms with Crippen molar-refractivity contribution in [1.29, 1.82) is 0 Å². The van der Waals surface area contributed by atoms with Crippen molar-refractivity contribution in [3.63, 3.8) is 0 Å². The lowest BCUT2D eigenvalue weighted by Gasteiger charge is -2.33. The molecule has 10 heteroatoms. The fraction of sp³-hybridized carbons (Fsp3) is 0.368. The van der Waals surface area contributed by atoms with E-state index in [1.54, 1.807) is 12.1 Å². The second-order valence-electron chi connectivity index (χ2n) is 12.9. The molecule has 0 saturated carbocycles. The van der Waals surface area contributed by atoms with E-state index >= 15 is 0 Å². The van der Waals surface area contributed by atoms with Crippen molar-refractivity contribution >= 4 is 50.9 Å². The summed E-state index contributed by atoms with van der Waals surface area (Å²) >= 11 is 0. The standard InChI is InChI=1S/C38H41N5O5/c1-25(2)40(17-6-15-39-16-18-42-35(44)28-10-3-7-26-8-4-11-29(33(26)28)36(42)45)19-20-43-37(46)30-12-5-9-27-32(41-21-23-48-24-22-41)14-13-31(34(27)30)38(43)47/h3-5,7-14,25,39H,6,15-24H2,1-2H3. The summed E-state index contributed by atoms with van der Waals surface area (Å²) < 4.78 is 5.53. The number of anilines is 1. The molecule has 0 aromatic heterocycles. The first-order valence-corrected chi connectivity index (χ1v) is 16.9. The van der Waals surface area contributed by atoms with Crippen molar-refractivity contribution in [2.75, 3.05) is 70.5 Å². The fourth-order valence-electron chi connectivity index (χ4n) is 7.28. The van der Waals surface area contributed by atoms with Gasteiger partial charge in [0.25, 0.3) is 23.6 Å². The van der Waals surface area contributed by atoms with Crippen LogP contribution in [0.15, 0.2) is 66.7 Å². The number of hydrogen-bond acceptors (Lipinski definition) is 8. The van der Waals surface area contributed by atoms with Gasteiger partial charge in [-0.25, -0.2) is 0 Å². The molecule has 48 heavy (non-hydrogen) atoms. The van der Waals surface area contributed by atoms with Crippen molar-refractivity contribution in [3.8, 4) is 0 Å². The molecule has 0 radical (unpaired) electrons. The number of rotatable bonds is 12. The molecule has 0 atom stereocenters. The summed E-state index contributed by atoms with van der Waals surface area (Å²) in [7, 11) is 0. The van der Waals surface area contributed by atoms with Crippen LogP contribution in [0.25, 0.3) is 21.5 Å². The van der Waals surface area contributed by atoms with Crippen molar-refractivity contribution in [3.05, 3.63) is 89.0 Å². The lowest BCUT2D eigenvalue weighted by atomic mass is 9.92. The molecular weight excluding hydrogens is 606 g/mol. The van der Waals surface area contributed by atoms with Gasteiger partial charge < -0.3 is 15.0 Å². The van der Waals surface area contributed by atoms with E-state index in [2.05, 4.69) is 29.0 Å². The van der Waals surface area contributed by atoms with Crippen LogP contribution in [0.5, 0.6) is 0 Å². The van der Waals surface area contributed by atoms with Crippen LogP contribution < -0.4 is 10.2 Å². The molecule has 3 aliphatic heterocycles. The van der Waals surface area contributed by atoms with Gasteiger partial charge in [-0.05, 0) is 69.1 Å². The van der Waals surface area contributed by atoms with Crippen molar-refractivity contribution < 1.29 is 23.9 Å². The Labute approximate surface area is 280 Å². The maximum Gasteiger partial charge on any atom is 0.261 e. The Morgan fingerprint density at radius 2 is 1.27 bits per heavy atom. The largest absolute Gasteiger partial charge is 0.378 e. The molecule has 3 aliphatic rings. The Bertz CT molecular complexity index is 1840. The van der Waals surface area contributed by atoms with Crippen LogP contribution in [-0.4, -0.2) is 110 Å². The SMILES string of the molecule is CC(C)N(CCCNCCN1C(=O)c2cccc3cccc(c23)C1=O)CCN1C(=O)c2cccc3c(N4CCOCC4)ccc(c23)C1=O. The molecule has 0 aliphatic carbocycles. The summed E-state index contributed by atoms with van der Waals surface area (Å²) in [5.41, 5.74) is 3.31. The summed E-state index contributed by atoms with van der Waals surface area (Å²) in [6.45, 7) is 10.2. The predicted octanol–water partition coefficient (Wildman–Crippen LogP) is 4.41. The molecule has 4 amide bonds. The van der Waals surface area contributed by atoms with E-state index in [1.165, 1.54) is 9.80 Å². The third-order valence-electron chi connectivity index (χ3n) is 9.83. The van der Waals surface area contributed by atoms with Gasteiger partial charge in [-0.15, -0.1) is 0 Å². The van der Waals surface area contributed by atoms with E-state index in [-0.39, 0.29) is 36.2 Å². The van der Waals surface area contributed by atoms with Gasteiger partial charge in [0.15, 0.2) is 0 Å². The summed E-state index contributed by atoms with van der Waals surface area (Å²) in [5, 5.41) is 6.69. The van der Waals surface area contributed by atoms with Gasteiger partial charge >= 0.3 is 0 Å². The highest BCUT2D eigenvalue weighted by Crippen LogP contribution is 2.36. The van der Waals surface area contributed by atoms with Gasteiger partial charge in [0.2, 0.25) is 0 Å². The molecular formula is C38H41N5O5. The number of ether oxygens (including phenoxy) is 1. The monoisotopic (exact) mass is 647 g/mol. The van der Waals surface area contributed by atoms with Crippen molar-refractivity contribution in [1.82, 2.24) is 20.0 Å². The Hall–Kier alpha value is -4.64. The number of carbonyl (C=O) groups is 4. The third kappa shape index (κ3) is 5.74. The van der Waals surface area contributed by atoms with E-state index < -0.39 is 0 Å².